The second-order valence-electron chi connectivity index (χ2n) is 9.03. The molecule has 5 aromatic rings. The minimum Gasteiger partial charge on any atom is -0.488 e. The molecule has 0 aliphatic heterocycles. The molecule has 3 aromatic carbocycles. The fraction of sp³-hybridized carbons (Fsp3) is 0.214. The molecular weight excluding hydrogens is 474 g/mol. The predicted molar refractivity (Wildman–Crippen MR) is 142 cm³/mol. The Hall–Kier alpha value is -4.04. The smallest absolute Gasteiger partial charge is 0.269 e. The van der Waals surface area contributed by atoms with Crippen molar-refractivity contribution in [1.29, 1.82) is 0 Å². The maximum Gasteiger partial charge on any atom is 0.269 e. The highest BCUT2D eigenvalue weighted by atomic mass is 32.1. The molecule has 0 spiro atoms. The number of hydrogen-bond donors (Lipinski definition) is 1. The number of ether oxygens (including phenoxy) is 1. The van der Waals surface area contributed by atoms with Crippen LogP contribution in [0.5, 0.6) is 5.75 Å². The van der Waals surface area contributed by atoms with Gasteiger partial charge in [0.05, 0.1) is 15.9 Å². The lowest BCUT2D eigenvalue weighted by molar-refractivity contribution is -0.384. The molecule has 0 saturated heterocycles. The number of aromatic amines is 1. The first-order valence-corrected chi connectivity index (χ1v) is 12.8. The number of nitro groups is 1. The zero-order chi connectivity index (χ0) is 24.6. The number of nitrogens with zero attached hydrogens (tertiary/aromatic N) is 2. The summed E-state index contributed by atoms with van der Waals surface area (Å²) in [5, 5.41) is 13.6. The molecule has 0 radical (unpaired) electrons. The predicted octanol–water partition coefficient (Wildman–Crippen LogP) is 6.56. The van der Waals surface area contributed by atoms with E-state index in [9.17, 15) is 14.9 Å². The summed E-state index contributed by atoms with van der Waals surface area (Å²) < 4.78 is 6.21. The van der Waals surface area contributed by atoms with Gasteiger partial charge in [-0.3, -0.25) is 14.9 Å². The van der Waals surface area contributed by atoms with E-state index in [1.165, 1.54) is 29.0 Å². The number of H-pyrrole nitrogens is 1. The van der Waals surface area contributed by atoms with Crippen LogP contribution in [0.3, 0.4) is 0 Å². The minimum atomic E-state index is -0.422. The van der Waals surface area contributed by atoms with Gasteiger partial charge in [-0.25, -0.2) is 4.98 Å². The Bertz CT molecular complexity index is 1670. The average Bonchev–Trinajstić information content (AvgIpc) is 3.09. The molecule has 2 aromatic heterocycles. The largest absolute Gasteiger partial charge is 0.488 e. The van der Waals surface area contributed by atoms with Gasteiger partial charge in [0.25, 0.3) is 11.2 Å². The molecule has 8 heteroatoms. The van der Waals surface area contributed by atoms with Gasteiger partial charge in [-0.05, 0) is 65.8 Å². The van der Waals surface area contributed by atoms with Crippen molar-refractivity contribution in [2.45, 2.75) is 38.7 Å². The average molecular weight is 498 g/mol. The lowest BCUT2D eigenvalue weighted by Crippen LogP contribution is -2.11. The Kier molecular flexibility index (Phi) is 5.73. The van der Waals surface area contributed by atoms with Crippen LogP contribution in [0.15, 0.2) is 65.5 Å². The monoisotopic (exact) mass is 497 g/mol. The van der Waals surface area contributed by atoms with Gasteiger partial charge in [-0.1, -0.05) is 36.8 Å². The van der Waals surface area contributed by atoms with Crippen molar-refractivity contribution in [2.75, 3.05) is 0 Å². The van der Waals surface area contributed by atoms with Crippen LogP contribution in [-0.4, -0.2) is 14.9 Å². The van der Waals surface area contributed by atoms with Crippen molar-refractivity contribution in [1.82, 2.24) is 9.97 Å². The molecule has 0 unspecified atom stereocenters. The highest BCUT2D eigenvalue weighted by Gasteiger charge is 2.21. The van der Waals surface area contributed by atoms with Crippen molar-refractivity contribution in [3.63, 3.8) is 0 Å². The number of aromatic nitrogens is 2. The van der Waals surface area contributed by atoms with E-state index in [2.05, 4.69) is 4.98 Å². The van der Waals surface area contributed by atoms with Crippen LogP contribution in [0.1, 0.15) is 35.3 Å². The zero-order valence-electron chi connectivity index (χ0n) is 19.5. The minimum absolute atomic E-state index is 0.0366. The number of fused-ring (bicyclic) bond motifs is 4. The third-order valence-electron chi connectivity index (χ3n) is 6.74. The van der Waals surface area contributed by atoms with Gasteiger partial charge in [0.15, 0.2) is 0 Å². The van der Waals surface area contributed by atoms with Crippen LogP contribution in [0.2, 0.25) is 0 Å². The standard InChI is InChI=1S/C28H23N3O4S/c32-27-25-21-8-2-1-3-9-23(21)36-28(25)30-26(29-27)24-20-7-5-4-6-18(20)12-15-22(24)35-16-17-10-13-19(14-11-17)31(33)34/h4-7,10-15H,1-3,8-9,16H2,(H,29,30,32). The first-order chi connectivity index (χ1) is 17.6. The first kappa shape index (κ1) is 22.4. The van der Waals surface area contributed by atoms with Gasteiger partial charge in [-0.2, -0.15) is 0 Å². The fourth-order valence-corrected chi connectivity index (χ4v) is 6.21. The summed E-state index contributed by atoms with van der Waals surface area (Å²) in [5.74, 6) is 1.08. The number of thiophene rings is 1. The summed E-state index contributed by atoms with van der Waals surface area (Å²) in [6.45, 7) is 0.225. The topological polar surface area (TPSA) is 98.1 Å². The zero-order valence-corrected chi connectivity index (χ0v) is 20.3. The van der Waals surface area contributed by atoms with Crippen LogP contribution in [0.4, 0.5) is 5.69 Å². The van der Waals surface area contributed by atoms with Crippen LogP contribution >= 0.6 is 11.3 Å². The molecule has 0 atom stereocenters. The van der Waals surface area contributed by atoms with E-state index in [1.54, 1.807) is 23.5 Å². The van der Waals surface area contributed by atoms with Crippen molar-refractivity contribution >= 4 is 38.0 Å². The molecule has 0 bridgehead atoms. The number of aryl methyl sites for hydroxylation is 2. The highest BCUT2D eigenvalue weighted by Crippen LogP contribution is 2.38. The van der Waals surface area contributed by atoms with E-state index < -0.39 is 4.92 Å². The maximum atomic E-state index is 13.3. The summed E-state index contributed by atoms with van der Waals surface area (Å²) in [7, 11) is 0. The Morgan fingerprint density at radius 1 is 1.00 bits per heavy atom. The molecule has 0 amide bonds. The second kappa shape index (κ2) is 9.20. The summed E-state index contributed by atoms with van der Waals surface area (Å²) in [6, 6.07) is 18.1. The molecule has 36 heavy (non-hydrogen) atoms. The molecular formula is C28H23N3O4S. The SMILES string of the molecule is O=c1[nH]c(-c2c(OCc3ccc([N+](=O)[O-])cc3)ccc3ccccc23)nc2sc3c(c12)CCCCC3. The van der Waals surface area contributed by atoms with Crippen molar-refractivity contribution < 1.29 is 9.66 Å². The summed E-state index contributed by atoms with van der Waals surface area (Å²) in [5.41, 5.74) is 2.63. The third-order valence-corrected chi connectivity index (χ3v) is 7.93. The van der Waals surface area contributed by atoms with Gasteiger partial charge in [0.1, 0.15) is 23.0 Å². The van der Waals surface area contributed by atoms with Gasteiger partial charge >= 0.3 is 0 Å². The van der Waals surface area contributed by atoms with Crippen molar-refractivity contribution in [3.8, 4) is 17.1 Å². The number of nitro benzene ring substituents is 1. The molecule has 1 aliphatic carbocycles. The molecule has 2 heterocycles. The highest BCUT2D eigenvalue weighted by molar-refractivity contribution is 7.18. The Labute approximate surface area is 210 Å². The number of hydrogen-bond acceptors (Lipinski definition) is 6. The number of nitrogens with one attached hydrogen (secondary N) is 1. The van der Waals surface area contributed by atoms with Crippen LogP contribution in [0, 0.1) is 10.1 Å². The summed E-state index contributed by atoms with van der Waals surface area (Å²) >= 11 is 1.63. The Morgan fingerprint density at radius 2 is 1.81 bits per heavy atom. The molecule has 180 valence electrons. The van der Waals surface area contributed by atoms with Crippen molar-refractivity contribution in [2.24, 2.45) is 0 Å². The van der Waals surface area contributed by atoms with E-state index in [-0.39, 0.29) is 17.9 Å². The van der Waals surface area contributed by atoms with Crippen molar-refractivity contribution in [3.05, 3.63) is 97.1 Å². The third kappa shape index (κ3) is 4.03. The van der Waals surface area contributed by atoms with E-state index in [4.69, 9.17) is 9.72 Å². The van der Waals surface area contributed by atoms with E-state index in [1.807, 2.05) is 36.4 Å². The number of benzene rings is 3. The number of non-ortho nitro benzene ring substituents is 1. The molecule has 7 nitrogen and oxygen atoms in total. The lowest BCUT2D eigenvalue weighted by atomic mass is 10.0. The normalized spacial score (nSPS) is 13.4. The Morgan fingerprint density at radius 3 is 2.64 bits per heavy atom. The quantitative estimate of drug-likeness (QED) is 0.168. The van der Waals surface area contributed by atoms with Crippen LogP contribution in [-0.2, 0) is 19.4 Å². The molecule has 6 rings (SSSR count). The second-order valence-corrected chi connectivity index (χ2v) is 10.1. The van der Waals surface area contributed by atoms with E-state index in [0.717, 1.165) is 57.8 Å². The summed E-state index contributed by atoms with van der Waals surface area (Å²) in [4.78, 5) is 33.9. The first-order valence-electron chi connectivity index (χ1n) is 12.0. The number of rotatable bonds is 5. The molecule has 0 fully saturated rings. The van der Waals surface area contributed by atoms with E-state index in [0.29, 0.717) is 11.6 Å². The molecule has 0 saturated carbocycles. The van der Waals surface area contributed by atoms with Crippen LogP contribution < -0.4 is 10.3 Å². The fourth-order valence-electron chi connectivity index (χ4n) is 4.95. The van der Waals surface area contributed by atoms with Gasteiger partial charge < -0.3 is 9.72 Å². The lowest BCUT2D eigenvalue weighted by Gasteiger charge is -2.14. The van der Waals surface area contributed by atoms with Gasteiger partial charge in [0.2, 0.25) is 0 Å². The van der Waals surface area contributed by atoms with Crippen LogP contribution in [0.25, 0.3) is 32.4 Å². The van der Waals surface area contributed by atoms with Gasteiger partial charge in [0, 0.05) is 17.0 Å². The molecule has 1 N–H and O–H groups in total. The summed E-state index contributed by atoms with van der Waals surface area (Å²) in [6.07, 6.45) is 5.37. The van der Waals surface area contributed by atoms with Gasteiger partial charge in [-0.15, -0.1) is 11.3 Å². The Balaban J connectivity index is 1.45. The molecule has 1 aliphatic rings. The van der Waals surface area contributed by atoms with E-state index >= 15 is 0 Å². The maximum absolute atomic E-state index is 13.3.